The summed E-state index contributed by atoms with van der Waals surface area (Å²) in [4.78, 5) is 16.0. The topological polar surface area (TPSA) is 50.2 Å². The van der Waals surface area contributed by atoms with Crippen molar-refractivity contribution in [3.05, 3.63) is 74.9 Å². The Balaban J connectivity index is 2.31. The van der Waals surface area contributed by atoms with E-state index >= 15 is 0 Å². The van der Waals surface area contributed by atoms with Gasteiger partial charge in [-0.1, -0.05) is 53.0 Å². The Kier molecular flexibility index (Phi) is 5.00. The number of carboxylic acids is 1. The first kappa shape index (κ1) is 17.7. The van der Waals surface area contributed by atoms with E-state index < -0.39 is 5.97 Å². The smallest absolute Gasteiger partial charge is 0.337 e. The quantitative estimate of drug-likeness (QED) is 0.562. The number of carbonyl (C=O) groups is 1. The zero-order valence-corrected chi connectivity index (χ0v) is 15.3. The van der Waals surface area contributed by atoms with Gasteiger partial charge in [0.1, 0.15) is 0 Å². The normalized spacial score (nSPS) is 10.7. The Morgan fingerprint density at radius 1 is 0.920 bits per heavy atom. The van der Waals surface area contributed by atoms with Crippen molar-refractivity contribution in [2.24, 2.45) is 0 Å². The Labute approximate surface area is 159 Å². The molecule has 0 spiro atoms. The average Bonchev–Trinajstić information content (AvgIpc) is 2.55. The molecule has 3 nitrogen and oxygen atoms in total. The number of nitrogens with zero attached hydrogens (tertiary/aromatic N) is 1. The van der Waals surface area contributed by atoms with Gasteiger partial charge in [0.2, 0.25) is 0 Å². The van der Waals surface area contributed by atoms with Gasteiger partial charge < -0.3 is 5.11 Å². The summed E-state index contributed by atoms with van der Waals surface area (Å²) in [6.45, 7) is 1.66. The van der Waals surface area contributed by atoms with Crippen LogP contribution in [0.25, 0.3) is 22.4 Å². The predicted octanol–water partition coefficient (Wildman–Crippen LogP) is 6.38. The maximum atomic E-state index is 11.5. The lowest BCUT2D eigenvalue weighted by atomic mass is 9.96. The molecule has 1 heterocycles. The third-order valence-corrected chi connectivity index (χ3v) is 4.58. The summed E-state index contributed by atoms with van der Waals surface area (Å²) in [5, 5.41) is 11.0. The van der Waals surface area contributed by atoms with E-state index in [0.29, 0.717) is 37.6 Å². The molecule has 3 aromatic rings. The molecule has 25 heavy (non-hydrogen) atoms. The zero-order valence-electron chi connectivity index (χ0n) is 13.1. The molecule has 0 saturated heterocycles. The number of benzene rings is 2. The average molecular weight is 393 g/mol. The molecule has 0 atom stereocenters. The van der Waals surface area contributed by atoms with Crippen LogP contribution in [0.15, 0.2) is 48.5 Å². The van der Waals surface area contributed by atoms with Crippen LogP contribution in [0.1, 0.15) is 16.1 Å². The van der Waals surface area contributed by atoms with Crippen LogP contribution in [-0.4, -0.2) is 16.1 Å². The molecular formula is C19H12Cl3NO2. The van der Waals surface area contributed by atoms with E-state index in [1.165, 1.54) is 0 Å². The van der Waals surface area contributed by atoms with Crippen LogP contribution < -0.4 is 0 Å². The van der Waals surface area contributed by atoms with E-state index in [0.717, 1.165) is 5.56 Å². The highest BCUT2D eigenvalue weighted by Gasteiger charge is 2.18. The molecule has 0 aliphatic heterocycles. The second-order valence-electron chi connectivity index (χ2n) is 5.45. The zero-order chi connectivity index (χ0) is 18.1. The molecule has 0 radical (unpaired) electrons. The molecule has 0 saturated carbocycles. The highest BCUT2D eigenvalue weighted by atomic mass is 35.5. The molecular weight excluding hydrogens is 381 g/mol. The van der Waals surface area contributed by atoms with Gasteiger partial charge in [-0.15, -0.1) is 0 Å². The fraction of sp³-hybridized carbons (Fsp3) is 0.0526. The molecule has 0 fully saturated rings. The SMILES string of the molecule is Cc1nc(-c2ccc(Cl)cc2)c(-c2ccc(Cl)cc2Cl)cc1C(=O)O. The van der Waals surface area contributed by atoms with Gasteiger partial charge >= 0.3 is 5.97 Å². The largest absolute Gasteiger partial charge is 0.478 e. The molecule has 0 amide bonds. The van der Waals surface area contributed by atoms with Crippen LogP contribution in [0.2, 0.25) is 15.1 Å². The molecule has 0 aliphatic carbocycles. The molecule has 6 heteroatoms. The van der Waals surface area contributed by atoms with Gasteiger partial charge in [-0.05, 0) is 37.3 Å². The summed E-state index contributed by atoms with van der Waals surface area (Å²) in [6, 6.07) is 13.8. The summed E-state index contributed by atoms with van der Waals surface area (Å²) < 4.78 is 0. The summed E-state index contributed by atoms with van der Waals surface area (Å²) in [6.07, 6.45) is 0. The molecule has 1 aromatic heterocycles. The summed E-state index contributed by atoms with van der Waals surface area (Å²) >= 11 is 18.3. The van der Waals surface area contributed by atoms with Gasteiger partial charge in [-0.3, -0.25) is 4.98 Å². The number of hydrogen-bond donors (Lipinski definition) is 1. The van der Waals surface area contributed by atoms with Gasteiger partial charge in [-0.25, -0.2) is 4.79 Å². The summed E-state index contributed by atoms with van der Waals surface area (Å²) in [5.41, 5.74) is 3.26. The number of halogens is 3. The van der Waals surface area contributed by atoms with E-state index in [-0.39, 0.29) is 5.56 Å². The molecule has 2 aromatic carbocycles. The number of carboxylic acid groups (broad SMARTS) is 1. The van der Waals surface area contributed by atoms with Crippen LogP contribution in [0.5, 0.6) is 0 Å². The molecule has 0 unspecified atom stereocenters. The Morgan fingerprint density at radius 3 is 2.16 bits per heavy atom. The van der Waals surface area contributed by atoms with Gasteiger partial charge in [0.25, 0.3) is 0 Å². The summed E-state index contributed by atoms with van der Waals surface area (Å²) in [5.74, 6) is -1.04. The minimum absolute atomic E-state index is 0.124. The fourth-order valence-corrected chi connectivity index (χ4v) is 3.20. The molecule has 1 N–H and O–H groups in total. The van der Waals surface area contributed by atoms with Crippen molar-refractivity contribution in [2.75, 3.05) is 0 Å². The lowest BCUT2D eigenvalue weighted by molar-refractivity contribution is 0.0695. The van der Waals surface area contributed by atoms with Crippen LogP contribution >= 0.6 is 34.8 Å². The van der Waals surface area contributed by atoms with Crippen molar-refractivity contribution in [3.63, 3.8) is 0 Å². The first-order chi connectivity index (χ1) is 11.9. The Bertz CT molecular complexity index is 969. The third kappa shape index (κ3) is 3.64. The number of aryl methyl sites for hydroxylation is 1. The second-order valence-corrected chi connectivity index (χ2v) is 6.73. The number of aromatic carboxylic acids is 1. The highest BCUT2D eigenvalue weighted by molar-refractivity contribution is 6.36. The van der Waals surface area contributed by atoms with Gasteiger partial charge in [0, 0.05) is 31.8 Å². The van der Waals surface area contributed by atoms with Crippen LogP contribution in [0.3, 0.4) is 0 Å². The standard InChI is InChI=1S/C19H12Cl3NO2/c1-10-15(19(24)25)9-16(14-7-6-13(21)8-17(14)22)18(23-10)11-2-4-12(20)5-3-11/h2-9H,1H3,(H,24,25). The number of pyridine rings is 1. The third-order valence-electron chi connectivity index (χ3n) is 3.78. The van der Waals surface area contributed by atoms with Gasteiger partial charge in [0.15, 0.2) is 0 Å². The summed E-state index contributed by atoms with van der Waals surface area (Å²) in [7, 11) is 0. The van der Waals surface area contributed by atoms with E-state index in [4.69, 9.17) is 34.8 Å². The lowest BCUT2D eigenvalue weighted by Gasteiger charge is -2.14. The van der Waals surface area contributed by atoms with E-state index in [2.05, 4.69) is 4.98 Å². The highest BCUT2D eigenvalue weighted by Crippen LogP contribution is 2.37. The predicted molar refractivity (Wildman–Crippen MR) is 102 cm³/mol. The van der Waals surface area contributed by atoms with E-state index in [9.17, 15) is 9.90 Å². The van der Waals surface area contributed by atoms with Crippen LogP contribution in [0, 0.1) is 6.92 Å². The minimum Gasteiger partial charge on any atom is -0.478 e. The second kappa shape index (κ2) is 7.04. The van der Waals surface area contributed by atoms with Crippen molar-refractivity contribution in [1.29, 1.82) is 0 Å². The van der Waals surface area contributed by atoms with Gasteiger partial charge in [-0.2, -0.15) is 0 Å². The van der Waals surface area contributed by atoms with E-state index in [1.807, 2.05) is 12.1 Å². The van der Waals surface area contributed by atoms with Crippen molar-refractivity contribution < 1.29 is 9.90 Å². The van der Waals surface area contributed by atoms with Crippen LogP contribution in [0.4, 0.5) is 0 Å². The molecule has 0 bridgehead atoms. The minimum atomic E-state index is -1.04. The Morgan fingerprint density at radius 2 is 1.56 bits per heavy atom. The van der Waals surface area contributed by atoms with Gasteiger partial charge in [0.05, 0.1) is 17.0 Å². The lowest BCUT2D eigenvalue weighted by Crippen LogP contribution is -2.04. The number of hydrogen-bond acceptors (Lipinski definition) is 2. The first-order valence-electron chi connectivity index (χ1n) is 7.33. The van der Waals surface area contributed by atoms with Crippen molar-refractivity contribution in [1.82, 2.24) is 4.98 Å². The first-order valence-corrected chi connectivity index (χ1v) is 8.46. The van der Waals surface area contributed by atoms with Crippen LogP contribution in [-0.2, 0) is 0 Å². The Hall–Kier alpha value is -2.07. The number of aromatic nitrogens is 1. The molecule has 0 aliphatic rings. The molecule has 3 rings (SSSR count). The maximum Gasteiger partial charge on any atom is 0.337 e. The van der Waals surface area contributed by atoms with Crippen molar-refractivity contribution >= 4 is 40.8 Å². The fourth-order valence-electron chi connectivity index (χ4n) is 2.56. The maximum absolute atomic E-state index is 11.5. The molecule has 126 valence electrons. The van der Waals surface area contributed by atoms with Crippen molar-refractivity contribution in [2.45, 2.75) is 6.92 Å². The van der Waals surface area contributed by atoms with Crippen molar-refractivity contribution in [3.8, 4) is 22.4 Å². The monoisotopic (exact) mass is 391 g/mol. The number of rotatable bonds is 3. The van der Waals surface area contributed by atoms with E-state index in [1.54, 1.807) is 43.3 Å².